The maximum Gasteiger partial charge on any atom is 0.0599 e. The summed E-state index contributed by atoms with van der Waals surface area (Å²) in [5.74, 6) is 6.53. The Morgan fingerprint density at radius 3 is 1.80 bits per heavy atom. The molecule has 0 amide bonds. The Bertz CT molecular complexity index is 412. The van der Waals surface area contributed by atoms with Crippen LogP contribution in [0.3, 0.4) is 0 Å². The van der Waals surface area contributed by atoms with Crippen LogP contribution in [0.2, 0.25) is 0 Å². The molecule has 0 aromatic rings. The zero-order valence-corrected chi connectivity index (χ0v) is 17.3. The summed E-state index contributed by atoms with van der Waals surface area (Å²) in [6.07, 6.45) is 19.9. The summed E-state index contributed by atoms with van der Waals surface area (Å²) in [5, 5.41) is 0. The molecule has 0 radical (unpaired) electrons. The molecular weight excluding hydrogens is 304 g/mol. The van der Waals surface area contributed by atoms with Crippen LogP contribution in [0.1, 0.15) is 85.0 Å². The summed E-state index contributed by atoms with van der Waals surface area (Å²) in [4.78, 5) is 0. The van der Waals surface area contributed by atoms with Gasteiger partial charge in [-0.15, -0.1) is 0 Å². The lowest BCUT2D eigenvalue weighted by molar-refractivity contribution is -0.0352. The summed E-state index contributed by atoms with van der Waals surface area (Å²) in [5.41, 5.74) is 0. The average Bonchev–Trinajstić information content (AvgIpc) is 2.65. The van der Waals surface area contributed by atoms with Crippen LogP contribution in [0.4, 0.5) is 0 Å². The van der Waals surface area contributed by atoms with Gasteiger partial charge in [0.05, 0.1) is 6.10 Å². The van der Waals surface area contributed by atoms with Crippen LogP contribution < -0.4 is 0 Å². The Kier molecular flexibility index (Phi) is 7.06. The lowest BCUT2D eigenvalue weighted by atomic mass is 9.61. The number of rotatable bonds is 4. The van der Waals surface area contributed by atoms with E-state index in [4.69, 9.17) is 4.74 Å². The molecule has 0 aromatic carbocycles. The minimum absolute atomic E-state index is 0.509. The Hall–Kier alpha value is -0.300. The topological polar surface area (TPSA) is 9.23 Å². The highest BCUT2D eigenvalue weighted by atomic mass is 16.5. The van der Waals surface area contributed by atoms with Gasteiger partial charge in [-0.2, -0.15) is 0 Å². The van der Waals surface area contributed by atoms with Gasteiger partial charge in [0, 0.05) is 7.11 Å². The Morgan fingerprint density at radius 2 is 1.24 bits per heavy atom. The first-order valence-electron chi connectivity index (χ1n) is 11.3. The molecule has 0 heterocycles. The van der Waals surface area contributed by atoms with Crippen molar-refractivity contribution in [3.8, 4) is 0 Å². The van der Waals surface area contributed by atoms with Crippen LogP contribution >= 0.6 is 0 Å². The molecule has 3 aliphatic rings. The van der Waals surface area contributed by atoms with E-state index in [9.17, 15) is 0 Å². The van der Waals surface area contributed by atoms with Crippen molar-refractivity contribution in [1.82, 2.24) is 0 Å². The van der Waals surface area contributed by atoms with Gasteiger partial charge in [0.15, 0.2) is 0 Å². The van der Waals surface area contributed by atoms with Gasteiger partial charge in [0.25, 0.3) is 0 Å². The van der Waals surface area contributed by atoms with Crippen LogP contribution in [0, 0.1) is 41.4 Å². The third kappa shape index (κ3) is 4.52. The molecule has 144 valence electrons. The van der Waals surface area contributed by atoms with E-state index in [1.807, 2.05) is 7.11 Å². The Morgan fingerprint density at radius 1 is 0.680 bits per heavy atom. The van der Waals surface area contributed by atoms with E-state index in [-0.39, 0.29) is 0 Å². The van der Waals surface area contributed by atoms with Crippen molar-refractivity contribution in [1.29, 1.82) is 0 Å². The fraction of sp³-hybridized carbons (Fsp3) is 0.917. The quantitative estimate of drug-likeness (QED) is 0.504. The number of allylic oxidation sites excluding steroid dienone is 2. The van der Waals surface area contributed by atoms with E-state index in [2.05, 4.69) is 32.9 Å². The second-order valence-electron chi connectivity index (χ2n) is 9.61. The van der Waals surface area contributed by atoms with Crippen LogP contribution in [-0.2, 0) is 4.74 Å². The number of hydrogen-bond acceptors (Lipinski definition) is 1. The first-order chi connectivity index (χ1) is 12.1. The summed E-state index contributed by atoms with van der Waals surface area (Å²) < 4.78 is 5.73. The fourth-order valence-electron chi connectivity index (χ4n) is 6.73. The van der Waals surface area contributed by atoms with Crippen molar-refractivity contribution in [3.05, 3.63) is 12.2 Å². The van der Waals surface area contributed by atoms with Gasteiger partial charge in [-0.05, 0) is 113 Å². The summed E-state index contributed by atoms with van der Waals surface area (Å²) in [6.45, 7) is 7.12. The molecule has 0 aromatic heterocycles. The van der Waals surface area contributed by atoms with E-state index in [1.165, 1.54) is 64.2 Å². The summed E-state index contributed by atoms with van der Waals surface area (Å²) in [6, 6.07) is 0. The second kappa shape index (κ2) is 9.07. The molecule has 3 rings (SSSR count). The van der Waals surface area contributed by atoms with Crippen molar-refractivity contribution in [2.75, 3.05) is 7.11 Å². The van der Waals surface area contributed by atoms with Crippen LogP contribution in [-0.4, -0.2) is 13.2 Å². The molecule has 3 aliphatic carbocycles. The smallest absolute Gasteiger partial charge is 0.0599 e. The highest BCUT2D eigenvalue weighted by Gasteiger charge is 2.40. The van der Waals surface area contributed by atoms with Gasteiger partial charge in [0.1, 0.15) is 0 Å². The molecule has 3 saturated carbocycles. The third-order valence-electron chi connectivity index (χ3n) is 8.55. The summed E-state index contributed by atoms with van der Waals surface area (Å²) >= 11 is 0. The standard InChI is InChI=1S/C24H42O/c1-5-6-19-7-9-20(10-8-19)21-11-13-22(14-12-21)23-15-16-24(25-4)18(3)17(23)2/h5-6,17-24H,7-16H2,1-4H3/b6-5+. The molecule has 4 atom stereocenters. The molecule has 0 spiro atoms. The molecule has 0 saturated heterocycles. The number of methoxy groups -OCH3 is 1. The van der Waals surface area contributed by atoms with Gasteiger partial charge >= 0.3 is 0 Å². The van der Waals surface area contributed by atoms with Crippen molar-refractivity contribution < 1.29 is 4.74 Å². The minimum atomic E-state index is 0.509. The molecule has 0 aliphatic heterocycles. The maximum absolute atomic E-state index is 5.73. The van der Waals surface area contributed by atoms with E-state index in [0.29, 0.717) is 6.10 Å². The lowest BCUT2D eigenvalue weighted by Crippen LogP contribution is -2.40. The molecular formula is C24H42O. The first-order valence-corrected chi connectivity index (χ1v) is 11.3. The van der Waals surface area contributed by atoms with Crippen molar-refractivity contribution >= 4 is 0 Å². The van der Waals surface area contributed by atoms with Gasteiger partial charge in [0.2, 0.25) is 0 Å². The largest absolute Gasteiger partial charge is 0.381 e. The van der Waals surface area contributed by atoms with Crippen molar-refractivity contribution in [3.63, 3.8) is 0 Å². The molecule has 25 heavy (non-hydrogen) atoms. The van der Waals surface area contributed by atoms with E-state index in [0.717, 1.165) is 41.4 Å². The van der Waals surface area contributed by atoms with Gasteiger partial charge in [-0.3, -0.25) is 0 Å². The van der Waals surface area contributed by atoms with E-state index < -0.39 is 0 Å². The van der Waals surface area contributed by atoms with Crippen LogP contribution in [0.15, 0.2) is 12.2 Å². The lowest BCUT2D eigenvalue weighted by Gasteiger charge is -2.46. The maximum atomic E-state index is 5.73. The van der Waals surface area contributed by atoms with Crippen LogP contribution in [0.5, 0.6) is 0 Å². The van der Waals surface area contributed by atoms with Gasteiger partial charge in [-0.25, -0.2) is 0 Å². The minimum Gasteiger partial charge on any atom is -0.381 e. The Labute approximate surface area is 157 Å². The zero-order chi connectivity index (χ0) is 17.8. The predicted octanol–water partition coefficient (Wildman–Crippen LogP) is 6.87. The molecule has 0 bridgehead atoms. The molecule has 3 fully saturated rings. The van der Waals surface area contributed by atoms with Crippen molar-refractivity contribution in [2.45, 2.75) is 91.1 Å². The van der Waals surface area contributed by atoms with Gasteiger partial charge < -0.3 is 4.74 Å². The molecule has 4 unspecified atom stereocenters. The Balaban J connectivity index is 1.46. The number of hydrogen-bond donors (Lipinski definition) is 0. The number of ether oxygens (including phenoxy) is 1. The van der Waals surface area contributed by atoms with Crippen molar-refractivity contribution in [2.24, 2.45) is 41.4 Å². The highest BCUT2D eigenvalue weighted by Crippen LogP contribution is 2.48. The highest BCUT2D eigenvalue weighted by molar-refractivity contribution is 4.92. The summed E-state index contributed by atoms with van der Waals surface area (Å²) in [7, 11) is 1.91. The zero-order valence-electron chi connectivity index (χ0n) is 17.3. The molecule has 0 N–H and O–H groups in total. The van der Waals surface area contributed by atoms with Gasteiger partial charge in [-0.1, -0.05) is 26.0 Å². The molecule has 1 heteroatoms. The molecule has 1 nitrogen and oxygen atoms in total. The predicted molar refractivity (Wildman–Crippen MR) is 108 cm³/mol. The van der Waals surface area contributed by atoms with E-state index >= 15 is 0 Å². The SMILES string of the molecule is C/C=C/C1CCC(C2CCC(C3CCC(OC)C(C)C3C)CC2)CC1. The average molecular weight is 347 g/mol. The normalized spacial score (nSPS) is 46.4. The monoisotopic (exact) mass is 346 g/mol. The fourth-order valence-corrected chi connectivity index (χ4v) is 6.73. The second-order valence-corrected chi connectivity index (χ2v) is 9.61. The first kappa shape index (κ1) is 19.5. The third-order valence-corrected chi connectivity index (χ3v) is 8.55. The van der Waals surface area contributed by atoms with Crippen LogP contribution in [0.25, 0.3) is 0 Å². The van der Waals surface area contributed by atoms with E-state index in [1.54, 1.807) is 0 Å².